The van der Waals surface area contributed by atoms with Crippen molar-refractivity contribution in [2.24, 2.45) is 5.10 Å². The second-order valence-electron chi connectivity index (χ2n) is 9.74. The predicted octanol–water partition coefficient (Wildman–Crippen LogP) is 4.33. The van der Waals surface area contributed by atoms with Gasteiger partial charge in [0.15, 0.2) is 6.61 Å². The smallest absolute Gasteiger partial charge is 0.258 e. The summed E-state index contributed by atoms with van der Waals surface area (Å²) in [5, 5.41) is 6.88. The molecular formula is C33H34N4O5S. The first-order valence-corrected chi connectivity index (χ1v) is 15.2. The second kappa shape index (κ2) is 15.4. The Balaban J connectivity index is 1.28. The van der Waals surface area contributed by atoms with Crippen molar-refractivity contribution in [3.05, 3.63) is 132 Å². The summed E-state index contributed by atoms with van der Waals surface area (Å²) < 4.78 is 33.3. The summed E-state index contributed by atoms with van der Waals surface area (Å²) in [6.45, 7) is 1.51. The summed E-state index contributed by atoms with van der Waals surface area (Å²) in [6.07, 6.45) is 1.89. The van der Waals surface area contributed by atoms with Crippen LogP contribution < -0.4 is 15.5 Å². The Labute approximate surface area is 252 Å². The lowest BCUT2D eigenvalue weighted by molar-refractivity contribution is -0.124. The molecule has 0 spiro atoms. The van der Waals surface area contributed by atoms with Gasteiger partial charge in [0.2, 0.25) is 10.0 Å². The average Bonchev–Trinajstić information content (AvgIpc) is 3.04. The molecule has 0 saturated heterocycles. The van der Waals surface area contributed by atoms with E-state index < -0.39 is 15.9 Å². The van der Waals surface area contributed by atoms with E-state index in [1.165, 1.54) is 18.3 Å². The van der Waals surface area contributed by atoms with Crippen molar-refractivity contribution in [1.29, 1.82) is 0 Å². The molecule has 10 heteroatoms. The molecule has 2 N–H and O–H groups in total. The Morgan fingerprint density at radius 1 is 0.837 bits per heavy atom. The zero-order valence-corrected chi connectivity index (χ0v) is 24.6. The Kier molecular flexibility index (Phi) is 11.2. The normalized spacial score (nSPS) is 12.1. The predicted molar refractivity (Wildman–Crippen MR) is 166 cm³/mol. The van der Waals surface area contributed by atoms with Crippen LogP contribution in [0, 0.1) is 0 Å². The first kappa shape index (κ1) is 31.1. The van der Waals surface area contributed by atoms with E-state index in [-0.39, 0.29) is 36.5 Å². The lowest BCUT2D eigenvalue weighted by atomic mass is 10.1. The van der Waals surface area contributed by atoms with E-state index in [2.05, 4.69) is 15.8 Å². The number of carbonyl (C=O) groups excluding carboxylic acids is 2. The van der Waals surface area contributed by atoms with E-state index in [1.807, 2.05) is 67.6 Å². The van der Waals surface area contributed by atoms with E-state index in [0.29, 0.717) is 17.7 Å². The van der Waals surface area contributed by atoms with Gasteiger partial charge in [-0.05, 0) is 66.4 Å². The van der Waals surface area contributed by atoms with Gasteiger partial charge in [0, 0.05) is 6.54 Å². The number of hydrazone groups is 1. The largest absolute Gasteiger partial charge is 0.484 e. The molecule has 4 rings (SSSR count). The fourth-order valence-corrected chi connectivity index (χ4v) is 5.62. The standard InChI is InChI=1S/C33H34N4O5S/c1-26(29-13-7-3-8-14-29)35-33(39)25-42-30-19-17-28(18-20-30)23-34-36-32(38)24-37(22-21-27-11-5-2-6-12-27)43(40,41)31-15-9-4-10-16-31/h2-20,23,26H,21-22,24-25H2,1H3,(H,35,39)(H,36,38)/b34-23-/t26-/m1/s1. The molecule has 0 aliphatic rings. The monoisotopic (exact) mass is 598 g/mol. The van der Waals surface area contributed by atoms with Gasteiger partial charge in [0.05, 0.1) is 23.7 Å². The molecule has 0 radical (unpaired) electrons. The number of amides is 2. The van der Waals surface area contributed by atoms with Crippen LogP contribution in [0.4, 0.5) is 0 Å². The van der Waals surface area contributed by atoms with Gasteiger partial charge in [-0.1, -0.05) is 78.9 Å². The zero-order chi connectivity index (χ0) is 30.5. The summed E-state index contributed by atoms with van der Waals surface area (Å²) in [4.78, 5) is 25.1. The quantitative estimate of drug-likeness (QED) is 0.166. The molecule has 0 aliphatic heterocycles. The van der Waals surface area contributed by atoms with Gasteiger partial charge < -0.3 is 10.1 Å². The topological polar surface area (TPSA) is 117 Å². The van der Waals surface area contributed by atoms with Crippen molar-refractivity contribution >= 4 is 28.1 Å². The first-order valence-electron chi connectivity index (χ1n) is 13.8. The summed E-state index contributed by atoms with van der Waals surface area (Å²) in [6, 6.07) is 33.9. The van der Waals surface area contributed by atoms with E-state index in [1.54, 1.807) is 42.5 Å². The zero-order valence-electron chi connectivity index (χ0n) is 23.8. The molecule has 0 unspecified atom stereocenters. The van der Waals surface area contributed by atoms with E-state index in [0.717, 1.165) is 15.4 Å². The van der Waals surface area contributed by atoms with Crippen molar-refractivity contribution in [2.45, 2.75) is 24.3 Å². The number of sulfonamides is 1. The van der Waals surface area contributed by atoms with Gasteiger partial charge in [0.1, 0.15) is 5.75 Å². The molecule has 4 aromatic carbocycles. The van der Waals surface area contributed by atoms with E-state index in [9.17, 15) is 18.0 Å². The average molecular weight is 599 g/mol. The molecule has 0 fully saturated rings. The third-order valence-electron chi connectivity index (χ3n) is 6.52. The molecule has 1 atom stereocenters. The Morgan fingerprint density at radius 2 is 1.44 bits per heavy atom. The fraction of sp³-hybridized carbons (Fsp3) is 0.182. The second-order valence-corrected chi connectivity index (χ2v) is 11.7. The van der Waals surface area contributed by atoms with Crippen molar-refractivity contribution in [3.63, 3.8) is 0 Å². The highest BCUT2D eigenvalue weighted by Gasteiger charge is 2.26. The lowest BCUT2D eigenvalue weighted by Gasteiger charge is -2.21. The Morgan fingerprint density at radius 3 is 2.09 bits per heavy atom. The van der Waals surface area contributed by atoms with Crippen molar-refractivity contribution in [1.82, 2.24) is 15.0 Å². The highest BCUT2D eigenvalue weighted by Crippen LogP contribution is 2.16. The van der Waals surface area contributed by atoms with Gasteiger partial charge in [-0.25, -0.2) is 13.8 Å². The first-order chi connectivity index (χ1) is 20.8. The van der Waals surface area contributed by atoms with Gasteiger partial charge in [-0.3, -0.25) is 9.59 Å². The summed E-state index contributed by atoms with van der Waals surface area (Å²) in [5.41, 5.74) is 5.05. The molecule has 0 bridgehead atoms. The third-order valence-corrected chi connectivity index (χ3v) is 8.38. The van der Waals surface area contributed by atoms with Crippen LogP contribution in [-0.4, -0.2) is 50.4 Å². The molecule has 43 heavy (non-hydrogen) atoms. The highest BCUT2D eigenvalue weighted by atomic mass is 32.2. The number of benzene rings is 4. The van der Waals surface area contributed by atoms with E-state index in [4.69, 9.17) is 4.74 Å². The van der Waals surface area contributed by atoms with Crippen LogP contribution in [0.15, 0.2) is 125 Å². The maximum absolute atomic E-state index is 13.3. The Bertz CT molecular complexity index is 1600. The van der Waals surface area contributed by atoms with E-state index >= 15 is 0 Å². The third kappa shape index (κ3) is 9.63. The maximum atomic E-state index is 13.3. The maximum Gasteiger partial charge on any atom is 0.258 e. The number of hydrogen-bond donors (Lipinski definition) is 2. The van der Waals surface area contributed by atoms with Crippen LogP contribution in [0.2, 0.25) is 0 Å². The van der Waals surface area contributed by atoms with Crippen LogP contribution in [0.25, 0.3) is 0 Å². The number of nitrogens with one attached hydrogen (secondary N) is 2. The van der Waals surface area contributed by atoms with Crippen molar-refractivity contribution in [3.8, 4) is 5.75 Å². The number of hydrogen-bond acceptors (Lipinski definition) is 6. The van der Waals surface area contributed by atoms with Crippen molar-refractivity contribution in [2.75, 3.05) is 19.7 Å². The molecule has 0 aliphatic carbocycles. The number of nitrogens with zero attached hydrogens (tertiary/aromatic N) is 2. The SMILES string of the molecule is C[C@@H](NC(=O)COc1ccc(/C=N\NC(=O)CN(CCc2ccccc2)S(=O)(=O)c2ccccc2)cc1)c1ccccc1. The number of carbonyl (C=O) groups is 2. The minimum absolute atomic E-state index is 0.116. The summed E-state index contributed by atoms with van der Waals surface area (Å²) >= 11 is 0. The molecular weight excluding hydrogens is 564 g/mol. The Hall–Kier alpha value is -4.80. The van der Waals surface area contributed by atoms with Gasteiger partial charge in [-0.2, -0.15) is 9.41 Å². The summed E-state index contributed by atoms with van der Waals surface area (Å²) in [7, 11) is -3.90. The van der Waals surface area contributed by atoms with Gasteiger partial charge >= 0.3 is 0 Å². The molecule has 222 valence electrons. The van der Waals surface area contributed by atoms with Crippen LogP contribution in [0.3, 0.4) is 0 Å². The molecule has 4 aromatic rings. The minimum Gasteiger partial charge on any atom is -0.484 e. The van der Waals surface area contributed by atoms with Gasteiger partial charge in [-0.15, -0.1) is 0 Å². The van der Waals surface area contributed by atoms with Crippen LogP contribution in [0.5, 0.6) is 5.75 Å². The molecule has 2 amide bonds. The number of rotatable bonds is 14. The molecule has 0 saturated carbocycles. The van der Waals surface area contributed by atoms with Crippen LogP contribution in [0.1, 0.15) is 29.7 Å². The van der Waals surface area contributed by atoms with Gasteiger partial charge in [0.25, 0.3) is 11.8 Å². The van der Waals surface area contributed by atoms with Crippen LogP contribution >= 0.6 is 0 Å². The lowest BCUT2D eigenvalue weighted by Crippen LogP contribution is -2.40. The molecule has 0 heterocycles. The molecule has 0 aromatic heterocycles. The van der Waals surface area contributed by atoms with Crippen molar-refractivity contribution < 1.29 is 22.7 Å². The molecule has 9 nitrogen and oxygen atoms in total. The summed E-state index contributed by atoms with van der Waals surface area (Å²) in [5.74, 6) is -0.305. The number of ether oxygens (including phenoxy) is 1. The fourth-order valence-electron chi connectivity index (χ4n) is 4.21. The minimum atomic E-state index is -3.90. The highest BCUT2D eigenvalue weighted by molar-refractivity contribution is 7.89. The van der Waals surface area contributed by atoms with Crippen LogP contribution in [-0.2, 0) is 26.0 Å².